The van der Waals surface area contributed by atoms with E-state index in [0.717, 1.165) is 4.70 Å². The van der Waals surface area contributed by atoms with Crippen LogP contribution < -0.4 is 10.1 Å². The molecular weight excluding hydrogens is 543 g/mol. The quantitative estimate of drug-likeness (QED) is 0.272. The molecule has 0 bridgehead atoms. The maximum Gasteiger partial charge on any atom is 0.265 e. The molecule has 0 fully saturated rings. The summed E-state index contributed by atoms with van der Waals surface area (Å²) in [6.45, 7) is 0. The fourth-order valence-corrected chi connectivity index (χ4v) is 6.64. The first kappa shape index (κ1) is 24.7. The van der Waals surface area contributed by atoms with Crippen molar-refractivity contribution in [3.63, 3.8) is 0 Å². The molecule has 1 amide bonds. The van der Waals surface area contributed by atoms with Gasteiger partial charge in [0.25, 0.3) is 5.91 Å². The van der Waals surface area contributed by atoms with Crippen LogP contribution in [0.3, 0.4) is 0 Å². The van der Waals surface area contributed by atoms with Crippen molar-refractivity contribution >= 4 is 71.8 Å². The van der Waals surface area contributed by atoms with Crippen molar-refractivity contribution in [2.45, 2.75) is 18.1 Å². The number of hydrogen-bond donors (Lipinski definition) is 1. The SMILES string of the molecule is CS(=O)(=O)C1CCC(=O)c2cc3sc(C(=O)Nc4cc(Cl)nc(Oc5ccc(Cl)cc5)c4)cc3cc21. The fourth-order valence-electron chi connectivity index (χ4n) is 4.13. The maximum atomic E-state index is 13.0. The number of ether oxygens (including phenoxy) is 1. The van der Waals surface area contributed by atoms with Crippen molar-refractivity contribution in [3.05, 3.63) is 80.8 Å². The van der Waals surface area contributed by atoms with Gasteiger partial charge < -0.3 is 10.1 Å². The number of carbonyl (C=O) groups is 2. The molecule has 2 aromatic heterocycles. The Morgan fingerprint density at radius 1 is 1.11 bits per heavy atom. The molecule has 2 heterocycles. The van der Waals surface area contributed by atoms with E-state index in [-0.39, 0.29) is 35.6 Å². The smallest absolute Gasteiger partial charge is 0.265 e. The number of nitrogens with one attached hydrogen (secondary N) is 1. The summed E-state index contributed by atoms with van der Waals surface area (Å²) in [6.07, 6.45) is 1.62. The number of carbonyl (C=O) groups excluding carboxylic acids is 2. The van der Waals surface area contributed by atoms with Crippen LogP contribution in [0.4, 0.5) is 5.69 Å². The van der Waals surface area contributed by atoms with Crippen LogP contribution in [0.5, 0.6) is 11.6 Å². The maximum absolute atomic E-state index is 13.0. The second kappa shape index (κ2) is 9.48. The van der Waals surface area contributed by atoms with Gasteiger partial charge in [0.15, 0.2) is 15.6 Å². The van der Waals surface area contributed by atoms with Crippen LogP contribution in [0.2, 0.25) is 10.2 Å². The summed E-state index contributed by atoms with van der Waals surface area (Å²) in [7, 11) is -3.38. The molecule has 0 radical (unpaired) electrons. The summed E-state index contributed by atoms with van der Waals surface area (Å²) in [5, 5.41) is 3.45. The molecule has 1 N–H and O–H groups in total. The summed E-state index contributed by atoms with van der Waals surface area (Å²) >= 11 is 13.2. The molecule has 184 valence electrons. The number of sulfone groups is 1. The number of Topliss-reactive ketones (excluding diaryl/α,β-unsaturated/α-hetero) is 1. The van der Waals surface area contributed by atoms with E-state index in [1.807, 2.05) is 0 Å². The van der Waals surface area contributed by atoms with Crippen LogP contribution >= 0.6 is 34.5 Å². The van der Waals surface area contributed by atoms with E-state index in [4.69, 9.17) is 27.9 Å². The number of halogens is 2. The van der Waals surface area contributed by atoms with Crippen LogP contribution in [0.25, 0.3) is 10.1 Å². The second-order valence-electron chi connectivity index (χ2n) is 8.39. The highest BCUT2D eigenvalue weighted by Gasteiger charge is 2.33. The van der Waals surface area contributed by atoms with Gasteiger partial charge in [-0.2, -0.15) is 0 Å². The zero-order chi connectivity index (χ0) is 25.6. The predicted octanol–water partition coefficient (Wildman–Crippen LogP) is 6.71. The number of rotatable bonds is 5. The van der Waals surface area contributed by atoms with Crippen molar-refractivity contribution < 1.29 is 22.7 Å². The van der Waals surface area contributed by atoms with Gasteiger partial charge in [0.05, 0.1) is 10.1 Å². The highest BCUT2D eigenvalue weighted by molar-refractivity contribution is 7.90. The van der Waals surface area contributed by atoms with Crippen molar-refractivity contribution in [1.29, 1.82) is 0 Å². The minimum atomic E-state index is -3.38. The number of amides is 1. The number of pyridine rings is 1. The zero-order valence-electron chi connectivity index (χ0n) is 18.7. The molecule has 36 heavy (non-hydrogen) atoms. The molecule has 11 heteroatoms. The van der Waals surface area contributed by atoms with Gasteiger partial charge in [-0.1, -0.05) is 23.2 Å². The van der Waals surface area contributed by atoms with E-state index in [9.17, 15) is 18.0 Å². The third kappa shape index (κ3) is 5.10. The Morgan fingerprint density at radius 2 is 1.86 bits per heavy atom. The Morgan fingerprint density at radius 3 is 2.58 bits per heavy atom. The van der Waals surface area contributed by atoms with Crippen LogP contribution in [0, 0.1) is 0 Å². The standard InChI is InChI=1S/C25H18Cl2N2O5S2/c1-36(32,33)22-7-6-19(30)17-12-20-13(8-18(17)22)9-21(35-20)25(31)28-15-10-23(27)29-24(11-15)34-16-4-2-14(26)3-5-16/h2-5,8-12,22H,6-7H2,1H3,(H,28,29,31). The lowest BCUT2D eigenvalue weighted by Gasteiger charge is -2.23. The minimum Gasteiger partial charge on any atom is -0.439 e. The lowest BCUT2D eigenvalue weighted by molar-refractivity contribution is 0.0970. The molecule has 2 aromatic carbocycles. The van der Waals surface area contributed by atoms with Gasteiger partial charge in [-0.05, 0) is 65.9 Å². The van der Waals surface area contributed by atoms with Crippen molar-refractivity contribution in [2.24, 2.45) is 0 Å². The third-order valence-electron chi connectivity index (χ3n) is 5.77. The van der Waals surface area contributed by atoms with E-state index < -0.39 is 15.1 Å². The highest BCUT2D eigenvalue weighted by Crippen LogP contribution is 2.39. The molecule has 0 saturated carbocycles. The first-order chi connectivity index (χ1) is 17.1. The lowest BCUT2D eigenvalue weighted by Crippen LogP contribution is -2.21. The molecule has 1 aliphatic rings. The normalized spacial score (nSPS) is 15.5. The van der Waals surface area contributed by atoms with E-state index in [1.54, 1.807) is 48.5 Å². The summed E-state index contributed by atoms with van der Waals surface area (Å²) in [4.78, 5) is 30.0. The molecule has 0 saturated heterocycles. The van der Waals surface area contributed by atoms with Gasteiger partial charge in [0.1, 0.15) is 10.9 Å². The van der Waals surface area contributed by atoms with E-state index in [1.165, 1.54) is 23.7 Å². The lowest BCUT2D eigenvalue weighted by atomic mass is 9.89. The van der Waals surface area contributed by atoms with Gasteiger partial charge in [-0.3, -0.25) is 9.59 Å². The van der Waals surface area contributed by atoms with Gasteiger partial charge in [-0.25, -0.2) is 13.4 Å². The number of thiophene rings is 1. The number of nitrogens with zero attached hydrogens (tertiary/aromatic N) is 1. The van der Waals surface area contributed by atoms with Gasteiger partial charge >= 0.3 is 0 Å². The van der Waals surface area contributed by atoms with E-state index in [0.29, 0.717) is 37.8 Å². The van der Waals surface area contributed by atoms with Crippen molar-refractivity contribution in [1.82, 2.24) is 4.98 Å². The molecule has 1 aliphatic carbocycles. The number of ketones is 1. The number of fused-ring (bicyclic) bond motifs is 2. The molecule has 1 unspecified atom stereocenters. The first-order valence-corrected chi connectivity index (χ1v) is 14.3. The average molecular weight is 561 g/mol. The van der Waals surface area contributed by atoms with E-state index in [2.05, 4.69) is 10.3 Å². The molecule has 1 atom stereocenters. The van der Waals surface area contributed by atoms with Crippen LogP contribution in [-0.2, 0) is 9.84 Å². The molecule has 0 aliphatic heterocycles. The van der Waals surface area contributed by atoms with Crippen molar-refractivity contribution in [3.8, 4) is 11.6 Å². The Hall–Kier alpha value is -2.98. The highest BCUT2D eigenvalue weighted by atomic mass is 35.5. The topological polar surface area (TPSA) is 102 Å². The zero-order valence-corrected chi connectivity index (χ0v) is 21.9. The number of benzene rings is 2. The van der Waals surface area contributed by atoms with Crippen LogP contribution in [-0.4, -0.2) is 31.3 Å². The van der Waals surface area contributed by atoms with Crippen LogP contribution in [0.1, 0.15) is 43.7 Å². The molecule has 4 aromatic rings. The Bertz CT molecular complexity index is 1630. The van der Waals surface area contributed by atoms with Gasteiger partial charge in [0, 0.05) is 39.7 Å². The molecule has 0 spiro atoms. The van der Waals surface area contributed by atoms with Crippen LogP contribution in [0.15, 0.2) is 54.6 Å². The molecule has 7 nitrogen and oxygen atoms in total. The molecule has 5 rings (SSSR count). The monoisotopic (exact) mass is 560 g/mol. The van der Waals surface area contributed by atoms with Crippen molar-refractivity contribution in [2.75, 3.05) is 11.6 Å². The Balaban J connectivity index is 1.42. The van der Waals surface area contributed by atoms with Gasteiger partial charge in [-0.15, -0.1) is 11.3 Å². The third-order valence-corrected chi connectivity index (χ3v) is 8.84. The second-order valence-corrected chi connectivity index (χ2v) is 12.5. The fraction of sp³-hybridized carbons (Fsp3) is 0.160. The predicted molar refractivity (Wildman–Crippen MR) is 142 cm³/mol. The number of anilines is 1. The minimum absolute atomic E-state index is 0.0918. The summed E-state index contributed by atoms with van der Waals surface area (Å²) < 4.78 is 31.0. The Labute approximate surface area is 220 Å². The Kier molecular flexibility index (Phi) is 6.50. The summed E-state index contributed by atoms with van der Waals surface area (Å²) in [5.41, 5.74) is 1.28. The average Bonchev–Trinajstić information content (AvgIpc) is 3.22. The first-order valence-electron chi connectivity index (χ1n) is 10.8. The number of aromatic nitrogens is 1. The largest absolute Gasteiger partial charge is 0.439 e. The summed E-state index contributed by atoms with van der Waals surface area (Å²) in [5.74, 6) is 0.210. The van der Waals surface area contributed by atoms with E-state index >= 15 is 0 Å². The number of hydrogen-bond acceptors (Lipinski definition) is 7. The molecular formula is C25H18Cl2N2O5S2. The summed E-state index contributed by atoms with van der Waals surface area (Å²) in [6, 6.07) is 14.8. The van der Waals surface area contributed by atoms with Gasteiger partial charge in [0.2, 0.25) is 5.88 Å².